The molecule has 0 radical (unpaired) electrons. The summed E-state index contributed by atoms with van der Waals surface area (Å²) in [6.07, 6.45) is 53.7. The predicted octanol–water partition coefficient (Wildman–Crippen LogP) is 22.5. The van der Waals surface area contributed by atoms with Crippen molar-refractivity contribution < 1.29 is 66.2 Å². The number of rotatable bonds is 70. The molecule has 16 nitrogen and oxygen atoms in total. The zero-order valence-electron chi connectivity index (χ0n) is 61.0. The smallest absolute Gasteiger partial charge is 0.203 e. The molecule has 0 amide bonds. The van der Waals surface area contributed by atoms with Crippen LogP contribution in [0.4, 0.5) is 0 Å². The van der Waals surface area contributed by atoms with E-state index in [4.69, 9.17) is 37.5 Å². The van der Waals surface area contributed by atoms with Gasteiger partial charge in [-0.15, -0.1) is 0 Å². The number of unbranched alkanes of at least 4 members (excludes halogenated alkanes) is 42. The first-order valence-electron chi connectivity index (χ1n) is 39.3. The zero-order valence-corrected chi connectivity index (χ0v) is 61.0. The third kappa shape index (κ3) is 37.0. The summed E-state index contributed by atoms with van der Waals surface area (Å²) in [7, 11) is 0. The summed E-state index contributed by atoms with van der Waals surface area (Å²) in [5.74, 6) is 4.77. The second-order valence-corrected chi connectivity index (χ2v) is 27.0. The SMILES string of the molecule is O=CCCCCCCCCCOc1cc(-c2cc(-c3cccc(-c4cc(-c5cc(OCCCCCCCCCC=O)c(OCCCCCCCCCC=O)c(OCCCCCCCCCC=O)c5)no4)c3)on2)cc(OCCCCCCCCCC=O)c1OCCCCCCCCCC=O. The van der Waals surface area contributed by atoms with Crippen molar-refractivity contribution in [2.75, 3.05) is 39.6 Å². The summed E-state index contributed by atoms with van der Waals surface area (Å²) in [4.78, 5) is 64.8. The number of carbonyl (C=O) groups excluding carboxylic acids is 6. The van der Waals surface area contributed by atoms with E-state index in [0.717, 1.165) is 330 Å². The number of benzene rings is 3. The van der Waals surface area contributed by atoms with Crippen molar-refractivity contribution >= 4 is 37.7 Å². The molecule has 0 aliphatic heterocycles. The molecule has 554 valence electrons. The summed E-state index contributed by atoms with van der Waals surface area (Å²) in [6.45, 7) is 3.08. The highest BCUT2D eigenvalue weighted by atomic mass is 16.5. The average Bonchev–Trinajstić information content (AvgIpc) is 1.44. The third-order valence-corrected chi connectivity index (χ3v) is 18.4. The average molecular weight is 1390 g/mol. The Bertz CT molecular complexity index is 2630. The summed E-state index contributed by atoms with van der Waals surface area (Å²) in [5, 5.41) is 9.31. The van der Waals surface area contributed by atoms with Crippen molar-refractivity contribution in [1.82, 2.24) is 10.3 Å². The van der Waals surface area contributed by atoms with Gasteiger partial charge in [-0.05, 0) is 107 Å². The molecule has 2 aromatic heterocycles. The Morgan fingerprint density at radius 3 is 0.680 bits per heavy atom. The highest BCUT2D eigenvalue weighted by molar-refractivity contribution is 5.76. The Morgan fingerprint density at radius 1 is 0.240 bits per heavy atom. The fourth-order valence-corrected chi connectivity index (χ4v) is 12.4. The molecule has 5 aromatic rings. The summed E-state index contributed by atoms with van der Waals surface area (Å²) in [6, 6.07) is 19.8. The molecule has 0 spiro atoms. The number of aromatic nitrogens is 2. The van der Waals surface area contributed by atoms with Gasteiger partial charge in [-0.2, -0.15) is 0 Å². The van der Waals surface area contributed by atoms with Crippen molar-refractivity contribution in [2.24, 2.45) is 0 Å². The van der Waals surface area contributed by atoms with Crippen LogP contribution in [0.15, 0.2) is 69.7 Å². The summed E-state index contributed by atoms with van der Waals surface area (Å²) < 4.78 is 52.4. The summed E-state index contributed by atoms with van der Waals surface area (Å²) in [5.41, 5.74) is 4.39. The van der Waals surface area contributed by atoms with Crippen LogP contribution in [0, 0.1) is 0 Å². The van der Waals surface area contributed by atoms with Gasteiger partial charge in [-0.25, -0.2) is 0 Å². The number of carbonyl (C=O) groups is 6. The number of hydrogen-bond acceptors (Lipinski definition) is 16. The lowest BCUT2D eigenvalue weighted by molar-refractivity contribution is -0.108. The normalized spacial score (nSPS) is 11.2. The van der Waals surface area contributed by atoms with Crippen LogP contribution in [-0.2, 0) is 28.8 Å². The molecule has 0 saturated carbocycles. The van der Waals surface area contributed by atoms with Crippen LogP contribution < -0.4 is 28.4 Å². The maximum atomic E-state index is 10.8. The van der Waals surface area contributed by atoms with Gasteiger partial charge >= 0.3 is 0 Å². The van der Waals surface area contributed by atoms with E-state index in [-0.39, 0.29) is 0 Å². The molecular weight excluding hydrogens is 1260 g/mol. The van der Waals surface area contributed by atoms with Gasteiger partial charge in [0.05, 0.1) is 39.6 Å². The fraction of sp³-hybridized carbons (Fsp3) is 0.643. The number of aldehydes is 6. The van der Waals surface area contributed by atoms with Crippen LogP contribution in [0.2, 0.25) is 0 Å². The van der Waals surface area contributed by atoms with E-state index in [1.54, 1.807) is 0 Å². The molecule has 2 heterocycles. The van der Waals surface area contributed by atoms with E-state index < -0.39 is 0 Å². The van der Waals surface area contributed by atoms with Gasteiger partial charge in [0.25, 0.3) is 0 Å². The van der Waals surface area contributed by atoms with Crippen molar-refractivity contribution in [2.45, 2.75) is 308 Å². The molecule has 0 unspecified atom stereocenters. The Morgan fingerprint density at radius 2 is 0.450 bits per heavy atom. The molecule has 3 aromatic carbocycles. The van der Waals surface area contributed by atoms with Crippen molar-refractivity contribution in [1.29, 1.82) is 0 Å². The van der Waals surface area contributed by atoms with E-state index in [2.05, 4.69) is 10.3 Å². The minimum Gasteiger partial charge on any atom is -0.490 e. The minimum atomic E-state index is 0.512. The van der Waals surface area contributed by atoms with Crippen LogP contribution >= 0.6 is 0 Å². The largest absolute Gasteiger partial charge is 0.490 e. The lowest BCUT2D eigenvalue weighted by Crippen LogP contribution is -2.07. The van der Waals surface area contributed by atoms with Crippen LogP contribution in [0.3, 0.4) is 0 Å². The van der Waals surface area contributed by atoms with E-state index in [9.17, 15) is 28.8 Å². The lowest BCUT2D eigenvalue weighted by atomic mass is 10.0. The maximum absolute atomic E-state index is 10.8. The zero-order chi connectivity index (χ0) is 70.7. The first kappa shape index (κ1) is 83.6. The molecule has 16 heteroatoms. The fourth-order valence-electron chi connectivity index (χ4n) is 12.4. The van der Waals surface area contributed by atoms with Gasteiger partial charge in [0.15, 0.2) is 34.5 Å². The van der Waals surface area contributed by atoms with Crippen LogP contribution in [-0.4, -0.2) is 87.7 Å². The van der Waals surface area contributed by atoms with E-state index in [1.165, 1.54) is 0 Å². The first-order chi connectivity index (χ1) is 49.5. The minimum absolute atomic E-state index is 0.512. The van der Waals surface area contributed by atoms with Crippen molar-refractivity contribution in [3.05, 3.63) is 60.7 Å². The Kier molecular flexibility index (Phi) is 48.1. The Labute approximate surface area is 599 Å². The molecule has 5 rings (SSSR count). The van der Waals surface area contributed by atoms with Gasteiger partial charge in [-0.3, -0.25) is 0 Å². The predicted molar refractivity (Wildman–Crippen MR) is 399 cm³/mol. The molecule has 0 fully saturated rings. The molecule has 100 heavy (non-hydrogen) atoms. The van der Waals surface area contributed by atoms with Gasteiger partial charge in [0.1, 0.15) is 49.1 Å². The molecule has 0 atom stereocenters. The number of hydrogen-bond donors (Lipinski definition) is 0. The van der Waals surface area contributed by atoms with Crippen molar-refractivity contribution in [3.8, 4) is 79.7 Å². The third-order valence-electron chi connectivity index (χ3n) is 18.4. The summed E-state index contributed by atoms with van der Waals surface area (Å²) >= 11 is 0. The van der Waals surface area contributed by atoms with Gasteiger partial charge < -0.3 is 66.2 Å². The number of nitrogens with zero attached hydrogens (tertiary/aromatic N) is 2. The lowest BCUT2D eigenvalue weighted by Gasteiger charge is -2.18. The molecule has 0 aliphatic carbocycles. The topological polar surface area (TPSA) is 210 Å². The Balaban J connectivity index is 1.40. The number of ether oxygens (including phenoxy) is 6. The molecule has 0 aliphatic rings. The monoisotopic (exact) mass is 1380 g/mol. The van der Waals surface area contributed by atoms with Crippen LogP contribution in [0.25, 0.3) is 45.2 Å². The molecular formula is C84H124N2O14. The van der Waals surface area contributed by atoms with Gasteiger partial charge in [-0.1, -0.05) is 221 Å². The molecule has 0 bridgehead atoms. The molecule has 0 N–H and O–H groups in total. The van der Waals surface area contributed by atoms with E-state index in [0.29, 0.717) is 136 Å². The quantitative estimate of drug-likeness (QED) is 0.0262. The van der Waals surface area contributed by atoms with Crippen LogP contribution in [0.5, 0.6) is 34.5 Å². The highest BCUT2D eigenvalue weighted by Crippen LogP contribution is 2.45. The first-order valence-corrected chi connectivity index (χ1v) is 39.3. The maximum Gasteiger partial charge on any atom is 0.203 e. The van der Waals surface area contributed by atoms with Crippen molar-refractivity contribution in [3.63, 3.8) is 0 Å². The second-order valence-electron chi connectivity index (χ2n) is 27.0. The van der Waals surface area contributed by atoms with E-state index in [1.807, 2.05) is 60.7 Å². The second kappa shape index (κ2) is 57.5. The highest BCUT2D eigenvalue weighted by Gasteiger charge is 2.22. The Hall–Kier alpha value is -7.10. The standard InChI is InChI=1S/C84H124N2O14/c87-52-37-25-13-1-7-19-31-43-58-93-79-65-73(66-80(94-59-44-32-20-8-2-14-26-38-53-88)83(79)97-62-47-35-23-11-5-17-29-41-56-91)75-69-77(99-85-75)71-50-49-51-72(64-71)78-70-76(86-100-78)74-67-81(95-60-45-33-21-9-3-15-27-39-54-89)84(98-63-48-36-24-12-6-18-30-42-57-92)82(68-74)96-61-46-34-22-10-4-16-28-40-55-90/h49-57,64-70H,1-48,58-63H2. The van der Waals surface area contributed by atoms with Gasteiger partial charge in [0, 0.05) is 72.9 Å². The van der Waals surface area contributed by atoms with Crippen LogP contribution in [0.1, 0.15) is 308 Å². The van der Waals surface area contributed by atoms with E-state index >= 15 is 0 Å². The van der Waals surface area contributed by atoms with Gasteiger partial charge in [0.2, 0.25) is 11.5 Å². The molecule has 0 saturated heterocycles.